The highest BCUT2D eigenvalue weighted by molar-refractivity contribution is 14.0. The Kier molecular flexibility index (Phi) is 10.0. The number of benzene rings is 2. The molecule has 2 aromatic rings. The van der Waals surface area contributed by atoms with Gasteiger partial charge in [-0.25, -0.2) is 4.39 Å². The quantitative estimate of drug-likeness (QED) is 0.318. The molecule has 170 valence electrons. The molecule has 0 radical (unpaired) electrons. The van der Waals surface area contributed by atoms with Crippen LogP contribution in [0.5, 0.6) is 0 Å². The third kappa shape index (κ3) is 7.07. The molecule has 7 heteroatoms. The lowest BCUT2D eigenvalue weighted by molar-refractivity contribution is -0.0265. The first-order chi connectivity index (χ1) is 14.5. The minimum Gasteiger partial charge on any atom is -0.375 e. The second-order valence-electron chi connectivity index (χ2n) is 8.09. The standard InChI is InChI=1S/C24H33FN4O.HI/c1-17-7-10-19(11-8-17)23-20(6-5-13-30-23)16-28-24(26-2)27-15-18-9-12-22(29(3)4)21(25)14-18;/h7-12,14,20,23H,5-6,13,15-16H2,1-4H3,(H2,26,27,28);1H. The van der Waals surface area contributed by atoms with Crippen molar-refractivity contribution in [1.29, 1.82) is 0 Å². The number of anilines is 1. The smallest absolute Gasteiger partial charge is 0.191 e. The Morgan fingerprint density at radius 3 is 2.55 bits per heavy atom. The van der Waals surface area contributed by atoms with Crippen molar-refractivity contribution in [2.75, 3.05) is 39.2 Å². The van der Waals surface area contributed by atoms with Gasteiger partial charge in [-0.1, -0.05) is 35.9 Å². The van der Waals surface area contributed by atoms with Crippen LogP contribution in [0, 0.1) is 18.7 Å². The van der Waals surface area contributed by atoms with E-state index in [2.05, 4.69) is 46.8 Å². The highest BCUT2D eigenvalue weighted by Gasteiger charge is 2.27. The van der Waals surface area contributed by atoms with Gasteiger partial charge in [0.05, 0.1) is 11.8 Å². The van der Waals surface area contributed by atoms with Crippen LogP contribution >= 0.6 is 24.0 Å². The van der Waals surface area contributed by atoms with Crippen LogP contribution < -0.4 is 15.5 Å². The Morgan fingerprint density at radius 2 is 1.90 bits per heavy atom. The molecule has 5 nitrogen and oxygen atoms in total. The molecule has 1 saturated heterocycles. The third-order valence-electron chi connectivity index (χ3n) is 5.56. The zero-order valence-electron chi connectivity index (χ0n) is 18.8. The maximum absolute atomic E-state index is 14.2. The predicted octanol–water partition coefficient (Wildman–Crippen LogP) is 4.65. The number of guanidine groups is 1. The second kappa shape index (κ2) is 12.2. The van der Waals surface area contributed by atoms with Gasteiger partial charge in [0.2, 0.25) is 0 Å². The van der Waals surface area contributed by atoms with E-state index in [1.54, 1.807) is 24.1 Å². The average molecular weight is 540 g/mol. The van der Waals surface area contributed by atoms with Crippen molar-refractivity contribution in [2.45, 2.75) is 32.4 Å². The van der Waals surface area contributed by atoms with Gasteiger partial charge in [-0.15, -0.1) is 24.0 Å². The first-order valence-corrected chi connectivity index (χ1v) is 10.6. The zero-order valence-corrected chi connectivity index (χ0v) is 21.2. The lowest BCUT2D eigenvalue weighted by Gasteiger charge is -2.32. The Labute approximate surface area is 202 Å². The van der Waals surface area contributed by atoms with Gasteiger partial charge in [0.1, 0.15) is 5.82 Å². The topological polar surface area (TPSA) is 48.9 Å². The van der Waals surface area contributed by atoms with Gasteiger partial charge >= 0.3 is 0 Å². The maximum Gasteiger partial charge on any atom is 0.191 e. The highest BCUT2D eigenvalue weighted by atomic mass is 127. The van der Waals surface area contributed by atoms with Crippen molar-refractivity contribution in [3.05, 3.63) is 65.0 Å². The number of ether oxygens (including phenoxy) is 1. The van der Waals surface area contributed by atoms with E-state index in [0.717, 1.165) is 31.6 Å². The number of aliphatic imine (C=N–C) groups is 1. The summed E-state index contributed by atoms with van der Waals surface area (Å²) in [6.45, 7) is 4.18. The first-order valence-electron chi connectivity index (χ1n) is 10.6. The number of nitrogens with one attached hydrogen (secondary N) is 2. The van der Waals surface area contributed by atoms with Crippen molar-refractivity contribution in [3.8, 4) is 0 Å². The van der Waals surface area contributed by atoms with Gasteiger partial charge in [0.15, 0.2) is 5.96 Å². The number of hydrogen-bond acceptors (Lipinski definition) is 3. The summed E-state index contributed by atoms with van der Waals surface area (Å²) in [4.78, 5) is 6.08. The Morgan fingerprint density at radius 1 is 1.16 bits per heavy atom. The lowest BCUT2D eigenvalue weighted by Crippen LogP contribution is -2.41. The normalized spacial score (nSPS) is 18.8. The summed E-state index contributed by atoms with van der Waals surface area (Å²) >= 11 is 0. The first kappa shape index (κ1) is 25.4. The number of nitrogens with zero attached hydrogens (tertiary/aromatic N) is 2. The minimum absolute atomic E-state index is 0. The lowest BCUT2D eigenvalue weighted by atomic mass is 9.89. The van der Waals surface area contributed by atoms with E-state index in [9.17, 15) is 4.39 Å². The summed E-state index contributed by atoms with van der Waals surface area (Å²) in [7, 11) is 5.42. The van der Waals surface area contributed by atoms with Crippen molar-refractivity contribution < 1.29 is 9.13 Å². The molecule has 3 rings (SSSR count). The number of hydrogen-bond donors (Lipinski definition) is 2. The van der Waals surface area contributed by atoms with Crippen LogP contribution in [0.2, 0.25) is 0 Å². The van der Waals surface area contributed by atoms with E-state index in [1.807, 2.05) is 20.2 Å². The SMILES string of the molecule is CN=C(NCc1ccc(N(C)C)c(F)c1)NCC1CCCOC1c1ccc(C)cc1.I. The van der Waals surface area contributed by atoms with Crippen molar-refractivity contribution in [3.63, 3.8) is 0 Å². The maximum atomic E-state index is 14.2. The van der Waals surface area contributed by atoms with Crippen molar-refractivity contribution in [2.24, 2.45) is 10.9 Å². The van der Waals surface area contributed by atoms with Crippen LogP contribution in [0.4, 0.5) is 10.1 Å². The van der Waals surface area contributed by atoms with Gasteiger partial charge in [-0.3, -0.25) is 4.99 Å². The summed E-state index contributed by atoms with van der Waals surface area (Å²) in [6, 6.07) is 13.9. The van der Waals surface area contributed by atoms with E-state index in [4.69, 9.17) is 4.74 Å². The number of halogens is 2. The van der Waals surface area contributed by atoms with Crippen LogP contribution in [-0.2, 0) is 11.3 Å². The molecule has 1 aliphatic rings. The Balaban J connectivity index is 0.00000341. The highest BCUT2D eigenvalue weighted by Crippen LogP contribution is 2.33. The summed E-state index contributed by atoms with van der Waals surface area (Å²) in [5, 5.41) is 6.70. The van der Waals surface area contributed by atoms with E-state index >= 15 is 0 Å². The fourth-order valence-electron chi connectivity index (χ4n) is 3.83. The van der Waals surface area contributed by atoms with E-state index in [0.29, 0.717) is 24.1 Å². The van der Waals surface area contributed by atoms with Gasteiger partial charge in [-0.2, -0.15) is 0 Å². The second-order valence-corrected chi connectivity index (χ2v) is 8.09. The predicted molar refractivity (Wildman–Crippen MR) is 137 cm³/mol. The molecule has 0 spiro atoms. The van der Waals surface area contributed by atoms with Crippen LogP contribution in [0.1, 0.15) is 35.6 Å². The summed E-state index contributed by atoms with van der Waals surface area (Å²) in [5.74, 6) is 0.861. The van der Waals surface area contributed by atoms with Crippen molar-refractivity contribution in [1.82, 2.24) is 10.6 Å². The molecule has 0 saturated carbocycles. The molecule has 2 N–H and O–H groups in total. The van der Waals surface area contributed by atoms with Gasteiger partial charge in [0.25, 0.3) is 0 Å². The van der Waals surface area contributed by atoms with E-state index in [-0.39, 0.29) is 35.9 Å². The molecule has 2 unspecified atom stereocenters. The summed E-state index contributed by atoms with van der Waals surface area (Å²) in [6.07, 6.45) is 2.27. The van der Waals surface area contributed by atoms with Gasteiger partial charge in [0, 0.05) is 46.8 Å². The molecule has 2 atom stereocenters. The molecule has 0 aliphatic carbocycles. The van der Waals surface area contributed by atoms with Crippen molar-refractivity contribution >= 4 is 35.6 Å². The molecular formula is C24H34FIN4O. The molecule has 1 heterocycles. The number of rotatable bonds is 6. The van der Waals surface area contributed by atoms with Gasteiger partial charge < -0.3 is 20.3 Å². The zero-order chi connectivity index (χ0) is 21.5. The fraction of sp³-hybridized carbons (Fsp3) is 0.458. The molecule has 31 heavy (non-hydrogen) atoms. The van der Waals surface area contributed by atoms with Crippen LogP contribution in [-0.4, -0.2) is 40.3 Å². The molecule has 0 aromatic heterocycles. The van der Waals surface area contributed by atoms with Gasteiger partial charge in [-0.05, 0) is 43.0 Å². The van der Waals surface area contributed by atoms with Crippen LogP contribution in [0.25, 0.3) is 0 Å². The third-order valence-corrected chi connectivity index (χ3v) is 5.56. The van der Waals surface area contributed by atoms with Crippen LogP contribution in [0.3, 0.4) is 0 Å². The monoisotopic (exact) mass is 540 g/mol. The molecule has 1 aliphatic heterocycles. The fourth-order valence-corrected chi connectivity index (χ4v) is 3.83. The average Bonchev–Trinajstić information content (AvgIpc) is 2.74. The molecular weight excluding hydrogens is 506 g/mol. The summed E-state index contributed by atoms with van der Waals surface area (Å²) in [5.41, 5.74) is 3.94. The molecule has 0 bridgehead atoms. The largest absolute Gasteiger partial charge is 0.375 e. The molecule has 0 amide bonds. The molecule has 1 fully saturated rings. The molecule has 2 aromatic carbocycles. The Hall–Kier alpha value is -1.87. The van der Waals surface area contributed by atoms with E-state index < -0.39 is 0 Å². The van der Waals surface area contributed by atoms with E-state index in [1.165, 1.54) is 11.1 Å². The van der Waals surface area contributed by atoms with Crippen LogP contribution in [0.15, 0.2) is 47.5 Å². The minimum atomic E-state index is -0.220. The Bertz CT molecular complexity index is 857. The summed E-state index contributed by atoms with van der Waals surface area (Å²) < 4.78 is 20.3. The number of aryl methyl sites for hydroxylation is 1.